The van der Waals surface area contributed by atoms with Crippen molar-refractivity contribution in [3.05, 3.63) is 64.5 Å². The summed E-state index contributed by atoms with van der Waals surface area (Å²) in [5, 5.41) is 0. The molecule has 2 N–H and O–H groups in total. The first kappa shape index (κ1) is 14.8. The van der Waals surface area contributed by atoms with Gasteiger partial charge in [0.05, 0.1) is 17.1 Å². The topological polar surface area (TPSA) is 43.8 Å². The van der Waals surface area contributed by atoms with Crippen LogP contribution in [0, 0.1) is 20.8 Å². The first-order chi connectivity index (χ1) is 10.5. The lowest BCUT2D eigenvalue weighted by Gasteiger charge is -2.13. The number of aromatic nitrogens is 2. The normalized spacial score (nSPS) is 12.8. The van der Waals surface area contributed by atoms with E-state index in [4.69, 9.17) is 10.7 Å². The summed E-state index contributed by atoms with van der Waals surface area (Å²) >= 11 is 0. The molecule has 1 unspecified atom stereocenters. The van der Waals surface area contributed by atoms with Gasteiger partial charge >= 0.3 is 0 Å². The van der Waals surface area contributed by atoms with Crippen molar-refractivity contribution in [2.75, 3.05) is 0 Å². The molecule has 0 aliphatic carbocycles. The third kappa shape index (κ3) is 2.53. The van der Waals surface area contributed by atoms with Crippen LogP contribution >= 0.6 is 0 Å². The summed E-state index contributed by atoms with van der Waals surface area (Å²) in [6, 6.07) is 12.8. The predicted octanol–water partition coefficient (Wildman–Crippen LogP) is 4.03. The maximum atomic E-state index is 6.16. The van der Waals surface area contributed by atoms with E-state index in [9.17, 15) is 0 Å². The molecule has 1 heterocycles. The first-order valence-corrected chi connectivity index (χ1v) is 7.75. The Labute approximate surface area is 131 Å². The molecule has 3 nitrogen and oxygen atoms in total. The molecule has 3 rings (SSSR count). The standard InChI is InChI=1S/C19H23N3/c1-12-7-5-6-8-16(12)11-22-18-10-14(3)13(2)9-17(18)21-19(22)15(4)20/h5-10,15H,11,20H2,1-4H3. The van der Waals surface area contributed by atoms with E-state index in [2.05, 4.69) is 61.7 Å². The molecule has 0 saturated carbocycles. The molecule has 0 fully saturated rings. The number of benzene rings is 2. The molecule has 1 atom stereocenters. The third-order valence-corrected chi connectivity index (χ3v) is 4.39. The zero-order valence-electron chi connectivity index (χ0n) is 13.7. The van der Waals surface area contributed by atoms with Crippen molar-refractivity contribution in [1.82, 2.24) is 9.55 Å². The minimum atomic E-state index is -0.0861. The summed E-state index contributed by atoms with van der Waals surface area (Å²) in [5.74, 6) is 0.947. The summed E-state index contributed by atoms with van der Waals surface area (Å²) in [6.07, 6.45) is 0. The fraction of sp³-hybridized carbons (Fsp3) is 0.316. The summed E-state index contributed by atoms with van der Waals surface area (Å²) in [6.45, 7) is 9.22. The highest BCUT2D eigenvalue weighted by molar-refractivity contribution is 5.78. The monoisotopic (exact) mass is 293 g/mol. The number of imidazole rings is 1. The van der Waals surface area contributed by atoms with Crippen LogP contribution in [0.3, 0.4) is 0 Å². The molecule has 0 spiro atoms. The van der Waals surface area contributed by atoms with Gasteiger partial charge in [-0.3, -0.25) is 0 Å². The van der Waals surface area contributed by atoms with Crippen molar-refractivity contribution < 1.29 is 0 Å². The van der Waals surface area contributed by atoms with E-state index in [0.29, 0.717) is 0 Å². The van der Waals surface area contributed by atoms with Gasteiger partial charge in [0.15, 0.2) is 0 Å². The van der Waals surface area contributed by atoms with Gasteiger partial charge in [-0.05, 0) is 62.1 Å². The molecular weight excluding hydrogens is 270 g/mol. The maximum absolute atomic E-state index is 6.16. The second kappa shape index (κ2) is 5.58. The molecule has 22 heavy (non-hydrogen) atoms. The Morgan fingerprint density at radius 2 is 1.73 bits per heavy atom. The third-order valence-electron chi connectivity index (χ3n) is 4.39. The first-order valence-electron chi connectivity index (χ1n) is 7.75. The van der Waals surface area contributed by atoms with Crippen molar-refractivity contribution >= 4 is 11.0 Å². The fourth-order valence-corrected chi connectivity index (χ4v) is 2.87. The van der Waals surface area contributed by atoms with Crippen molar-refractivity contribution in [1.29, 1.82) is 0 Å². The number of aryl methyl sites for hydroxylation is 3. The van der Waals surface area contributed by atoms with Gasteiger partial charge in [0.1, 0.15) is 5.82 Å². The van der Waals surface area contributed by atoms with Crippen LogP contribution in [0.1, 0.15) is 41.0 Å². The Bertz CT molecular complexity index is 828. The van der Waals surface area contributed by atoms with E-state index in [0.717, 1.165) is 17.9 Å². The second-order valence-electron chi connectivity index (χ2n) is 6.20. The van der Waals surface area contributed by atoms with E-state index in [-0.39, 0.29) is 6.04 Å². The van der Waals surface area contributed by atoms with Crippen LogP contribution in [0.25, 0.3) is 11.0 Å². The van der Waals surface area contributed by atoms with E-state index in [1.807, 2.05) is 6.92 Å². The number of fused-ring (bicyclic) bond motifs is 1. The van der Waals surface area contributed by atoms with Crippen LogP contribution in [0.5, 0.6) is 0 Å². The SMILES string of the molecule is Cc1cc2nc(C(C)N)n(Cc3ccccc3C)c2cc1C. The molecule has 114 valence electrons. The molecule has 3 heteroatoms. The Morgan fingerprint density at radius 3 is 2.41 bits per heavy atom. The lowest BCUT2D eigenvalue weighted by atomic mass is 10.1. The molecule has 0 bridgehead atoms. The zero-order valence-corrected chi connectivity index (χ0v) is 13.7. The van der Waals surface area contributed by atoms with E-state index in [1.54, 1.807) is 0 Å². The predicted molar refractivity (Wildman–Crippen MR) is 92.1 cm³/mol. The van der Waals surface area contributed by atoms with Gasteiger partial charge in [-0.1, -0.05) is 24.3 Å². The lowest BCUT2D eigenvalue weighted by molar-refractivity contribution is 0.662. The van der Waals surface area contributed by atoms with Gasteiger partial charge in [-0.25, -0.2) is 4.98 Å². The zero-order chi connectivity index (χ0) is 15.9. The van der Waals surface area contributed by atoms with Crippen LogP contribution in [0.15, 0.2) is 36.4 Å². The average molecular weight is 293 g/mol. The summed E-state index contributed by atoms with van der Waals surface area (Å²) in [7, 11) is 0. The van der Waals surface area contributed by atoms with Crippen molar-refractivity contribution in [2.45, 2.75) is 40.3 Å². The summed E-state index contributed by atoms with van der Waals surface area (Å²) in [4.78, 5) is 4.78. The fourth-order valence-electron chi connectivity index (χ4n) is 2.87. The van der Waals surface area contributed by atoms with Crippen LogP contribution in [0.2, 0.25) is 0 Å². The molecule has 3 aromatic rings. The van der Waals surface area contributed by atoms with Gasteiger partial charge in [-0.2, -0.15) is 0 Å². The lowest BCUT2D eigenvalue weighted by Crippen LogP contribution is -2.14. The van der Waals surface area contributed by atoms with Crippen LogP contribution in [-0.4, -0.2) is 9.55 Å². The van der Waals surface area contributed by atoms with Crippen molar-refractivity contribution in [3.63, 3.8) is 0 Å². The Balaban J connectivity index is 2.20. The van der Waals surface area contributed by atoms with Gasteiger partial charge < -0.3 is 10.3 Å². The highest BCUT2D eigenvalue weighted by Gasteiger charge is 2.15. The number of hydrogen-bond donors (Lipinski definition) is 1. The molecule has 0 saturated heterocycles. The van der Waals surface area contributed by atoms with E-state index in [1.165, 1.54) is 27.8 Å². The molecule has 0 aliphatic heterocycles. The number of nitrogens with zero attached hydrogens (tertiary/aromatic N) is 2. The summed E-state index contributed by atoms with van der Waals surface area (Å²) < 4.78 is 2.26. The van der Waals surface area contributed by atoms with Crippen molar-refractivity contribution in [2.24, 2.45) is 5.73 Å². The van der Waals surface area contributed by atoms with Crippen LogP contribution in [0.4, 0.5) is 0 Å². The van der Waals surface area contributed by atoms with E-state index >= 15 is 0 Å². The Kier molecular flexibility index (Phi) is 3.75. The Morgan fingerprint density at radius 1 is 1.05 bits per heavy atom. The molecule has 0 aliphatic rings. The molecule has 2 aromatic carbocycles. The number of rotatable bonds is 3. The van der Waals surface area contributed by atoms with Gasteiger partial charge in [0, 0.05) is 6.54 Å². The molecule has 1 aromatic heterocycles. The molecular formula is C19H23N3. The quantitative estimate of drug-likeness (QED) is 0.792. The number of hydrogen-bond acceptors (Lipinski definition) is 2. The largest absolute Gasteiger partial charge is 0.322 e. The van der Waals surface area contributed by atoms with Crippen molar-refractivity contribution in [3.8, 4) is 0 Å². The van der Waals surface area contributed by atoms with E-state index < -0.39 is 0 Å². The maximum Gasteiger partial charge on any atom is 0.126 e. The minimum Gasteiger partial charge on any atom is -0.322 e. The van der Waals surface area contributed by atoms with Crippen LogP contribution < -0.4 is 5.73 Å². The average Bonchev–Trinajstić information content (AvgIpc) is 2.80. The molecule has 0 amide bonds. The smallest absolute Gasteiger partial charge is 0.126 e. The van der Waals surface area contributed by atoms with Gasteiger partial charge in [0.25, 0.3) is 0 Å². The second-order valence-corrected chi connectivity index (χ2v) is 6.20. The minimum absolute atomic E-state index is 0.0861. The van der Waals surface area contributed by atoms with Gasteiger partial charge in [0.2, 0.25) is 0 Å². The highest BCUT2D eigenvalue weighted by Crippen LogP contribution is 2.25. The highest BCUT2D eigenvalue weighted by atomic mass is 15.1. The van der Waals surface area contributed by atoms with Gasteiger partial charge in [-0.15, -0.1) is 0 Å². The summed E-state index contributed by atoms with van der Waals surface area (Å²) in [5.41, 5.74) is 13.5. The van der Waals surface area contributed by atoms with Crippen LogP contribution in [-0.2, 0) is 6.54 Å². The Hall–Kier alpha value is -2.13. The molecule has 0 radical (unpaired) electrons. The number of nitrogens with two attached hydrogens (primary N) is 1.